The first kappa shape index (κ1) is 15.4. The molecule has 1 nitrogen and oxygen atoms in total. The van der Waals surface area contributed by atoms with Gasteiger partial charge in [0.05, 0.1) is 5.56 Å². The summed E-state index contributed by atoms with van der Waals surface area (Å²) in [5.74, 6) is -0.109. The molecule has 0 atom stereocenters. The molecule has 4 heteroatoms. The Morgan fingerprint density at radius 2 is 1.62 bits per heavy atom. The first-order chi connectivity index (χ1) is 9.89. The molecule has 2 aromatic rings. The minimum Gasteiger partial charge on any atom is -0.488 e. The third-order valence-electron chi connectivity index (χ3n) is 3.20. The van der Waals surface area contributed by atoms with Gasteiger partial charge in [0.1, 0.15) is 12.4 Å². The van der Waals surface area contributed by atoms with Crippen molar-refractivity contribution in [3.8, 4) is 5.75 Å². The van der Waals surface area contributed by atoms with Crippen LogP contribution in [-0.4, -0.2) is 0 Å². The minimum atomic E-state index is -4.42. The van der Waals surface area contributed by atoms with E-state index in [-0.39, 0.29) is 18.3 Å². The number of ether oxygens (including phenoxy) is 1. The third kappa shape index (κ3) is 3.78. The van der Waals surface area contributed by atoms with Crippen LogP contribution < -0.4 is 4.74 Å². The molecule has 2 aromatic carbocycles. The Labute approximate surface area is 122 Å². The summed E-state index contributed by atoms with van der Waals surface area (Å²) < 4.78 is 44.9. The second kappa shape index (κ2) is 6.20. The van der Waals surface area contributed by atoms with E-state index in [0.29, 0.717) is 5.56 Å². The summed E-state index contributed by atoms with van der Waals surface area (Å²) in [5, 5.41) is 0. The van der Waals surface area contributed by atoms with Crippen molar-refractivity contribution in [1.82, 2.24) is 0 Å². The molecule has 0 aliphatic heterocycles. The van der Waals surface area contributed by atoms with E-state index in [1.807, 2.05) is 44.2 Å². The van der Waals surface area contributed by atoms with Crippen LogP contribution in [-0.2, 0) is 12.8 Å². The van der Waals surface area contributed by atoms with E-state index >= 15 is 0 Å². The molecule has 0 aliphatic rings. The third-order valence-corrected chi connectivity index (χ3v) is 3.20. The van der Waals surface area contributed by atoms with Gasteiger partial charge in [0.25, 0.3) is 0 Å². The summed E-state index contributed by atoms with van der Waals surface area (Å²) in [5.41, 5.74) is 0.689. The number of halogens is 3. The maximum Gasteiger partial charge on any atom is 0.419 e. The molecular weight excluding hydrogens is 277 g/mol. The van der Waals surface area contributed by atoms with Gasteiger partial charge in [0.2, 0.25) is 0 Å². The van der Waals surface area contributed by atoms with E-state index in [0.717, 1.165) is 11.6 Å². The van der Waals surface area contributed by atoms with E-state index in [1.54, 1.807) is 6.07 Å². The first-order valence-corrected chi connectivity index (χ1v) is 6.76. The molecule has 0 radical (unpaired) electrons. The minimum absolute atomic E-state index is 0.0435. The second-order valence-corrected chi connectivity index (χ2v) is 5.15. The van der Waals surface area contributed by atoms with Crippen molar-refractivity contribution in [2.24, 2.45) is 0 Å². The fraction of sp³-hybridized carbons (Fsp3) is 0.294. The normalized spacial score (nSPS) is 11.7. The fourth-order valence-corrected chi connectivity index (χ4v) is 2.12. The average Bonchev–Trinajstić information content (AvgIpc) is 2.44. The van der Waals surface area contributed by atoms with Crippen LogP contribution >= 0.6 is 0 Å². The van der Waals surface area contributed by atoms with Crippen LogP contribution in [0.1, 0.15) is 36.5 Å². The van der Waals surface area contributed by atoms with Crippen LogP contribution in [0, 0.1) is 0 Å². The van der Waals surface area contributed by atoms with E-state index in [1.165, 1.54) is 6.07 Å². The van der Waals surface area contributed by atoms with Gasteiger partial charge in [0, 0.05) is 0 Å². The summed E-state index contributed by atoms with van der Waals surface area (Å²) in [7, 11) is 0. The summed E-state index contributed by atoms with van der Waals surface area (Å²) in [4.78, 5) is 0. The molecular formula is C17H17F3O. The highest BCUT2D eigenvalue weighted by molar-refractivity contribution is 5.45. The van der Waals surface area contributed by atoms with Crippen molar-refractivity contribution in [2.45, 2.75) is 32.5 Å². The highest BCUT2D eigenvalue weighted by Crippen LogP contribution is 2.40. The fourth-order valence-electron chi connectivity index (χ4n) is 2.12. The lowest BCUT2D eigenvalue weighted by atomic mass is 9.99. The van der Waals surface area contributed by atoms with Crippen molar-refractivity contribution in [2.75, 3.05) is 0 Å². The van der Waals surface area contributed by atoms with Gasteiger partial charge in [-0.3, -0.25) is 0 Å². The lowest BCUT2D eigenvalue weighted by Gasteiger charge is -2.19. The average molecular weight is 294 g/mol. The van der Waals surface area contributed by atoms with Crippen molar-refractivity contribution >= 4 is 0 Å². The molecule has 0 unspecified atom stereocenters. The number of alkyl halides is 3. The standard InChI is InChI=1S/C17H17F3O/c1-12(2)14-9-6-10-15(17(18,19)20)16(14)21-11-13-7-4-3-5-8-13/h3-10,12H,11H2,1-2H3. The van der Waals surface area contributed by atoms with Crippen LogP contribution in [0.15, 0.2) is 48.5 Å². The van der Waals surface area contributed by atoms with Gasteiger partial charge in [-0.25, -0.2) is 0 Å². The van der Waals surface area contributed by atoms with Crippen LogP contribution in [0.4, 0.5) is 13.2 Å². The van der Waals surface area contributed by atoms with E-state index < -0.39 is 11.7 Å². The predicted molar refractivity (Wildman–Crippen MR) is 76.3 cm³/mol. The zero-order chi connectivity index (χ0) is 15.5. The SMILES string of the molecule is CC(C)c1cccc(C(F)(F)F)c1OCc1ccccc1. The number of hydrogen-bond donors (Lipinski definition) is 0. The van der Waals surface area contributed by atoms with Crippen molar-refractivity contribution in [3.05, 3.63) is 65.2 Å². The monoisotopic (exact) mass is 294 g/mol. The molecule has 0 saturated carbocycles. The first-order valence-electron chi connectivity index (χ1n) is 6.76. The van der Waals surface area contributed by atoms with Gasteiger partial charge >= 0.3 is 6.18 Å². The van der Waals surface area contributed by atoms with Crippen molar-refractivity contribution in [1.29, 1.82) is 0 Å². The smallest absolute Gasteiger partial charge is 0.419 e. The van der Waals surface area contributed by atoms with Gasteiger partial charge in [0.15, 0.2) is 0 Å². The zero-order valence-corrected chi connectivity index (χ0v) is 11.9. The molecule has 112 valence electrons. The van der Waals surface area contributed by atoms with Crippen LogP contribution in [0.5, 0.6) is 5.75 Å². The second-order valence-electron chi connectivity index (χ2n) is 5.15. The zero-order valence-electron chi connectivity index (χ0n) is 11.9. The summed E-state index contributed by atoms with van der Waals surface area (Å²) in [6.07, 6.45) is -4.42. The number of para-hydroxylation sites is 1. The lowest BCUT2D eigenvalue weighted by Crippen LogP contribution is -2.11. The molecule has 0 heterocycles. The molecule has 0 amide bonds. The van der Waals surface area contributed by atoms with Crippen LogP contribution in [0.3, 0.4) is 0 Å². The lowest BCUT2D eigenvalue weighted by molar-refractivity contribution is -0.139. The molecule has 21 heavy (non-hydrogen) atoms. The Kier molecular flexibility index (Phi) is 4.56. The van der Waals surface area contributed by atoms with Gasteiger partial charge in [-0.05, 0) is 23.1 Å². The summed E-state index contributed by atoms with van der Waals surface area (Å²) >= 11 is 0. The van der Waals surface area contributed by atoms with Gasteiger partial charge < -0.3 is 4.74 Å². The quantitative estimate of drug-likeness (QED) is 0.732. The Morgan fingerprint density at radius 3 is 2.19 bits per heavy atom. The topological polar surface area (TPSA) is 9.23 Å². The highest BCUT2D eigenvalue weighted by Gasteiger charge is 2.35. The van der Waals surface area contributed by atoms with Crippen molar-refractivity contribution in [3.63, 3.8) is 0 Å². The maximum absolute atomic E-state index is 13.1. The van der Waals surface area contributed by atoms with Gasteiger partial charge in [-0.15, -0.1) is 0 Å². The molecule has 0 aliphatic carbocycles. The largest absolute Gasteiger partial charge is 0.488 e. The highest BCUT2D eigenvalue weighted by atomic mass is 19.4. The predicted octanol–water partition coefficient (Wildman–Crippen LogP) is 5.41. The van der Waals surface area contributed by atoms with Crippen LogP contribution in [0.25, 0.3) is 0 Å². The van der Waals surface area contributed by atoms with Crippen LogP contribution in [0.2, 0.25) is 0 Å². The number of hydrogen-bond acceptors (Lipinski definition) is 1. The van der Waals surface area contributed by atoms with E-state index in [2.05, 4.69) is 0 Å². The Balaban J connectivity index is 2.35. The van der Waals surface area contributed by atoms with Crippen molar-refractivity contribution < 1.29 is 17.9 Å². The Hall–Kier alpha value is -1.97. The summed E-state index contributed by atoms with van der Waals surface area (Å²) in [6, 6.07) is 13.3. The number of benzene rings is 2. The molecule has 0 fully saturated rings. The van der Waals surface area contributed by atoms with Gasteiger partial charge in [-0.2, -0.15) is 13.2 Å². The van der Waals surface area contributed by atoms with E-state index in [4.69, 9.17) is 4.74 Å². The molecule has 0 N–H and O–H groups in total. The number of rotatable bonds is 4. The van der Waals surface area contributed by atoms with Gasteiger partial charge in [-0.1, -0.05) is 56.3 Å². The Bertz CT molecular complexity index is 589. The molecule has 0 spiro atoms. The molecule has 2 rings (SSSR count). The Morgan fingerprint density at radius 1 is 0.952 bits per heavy atom. The molecule has 0 aromatic heterocycles. The summed E-state index contributed by atoms with van der Waals surface area (Å²) in [6.45, 7) is 3.82. The maximum atomic E-state index is 13.1. The molecule has 0 bridgehead atoms. The van der Waals surface area contributed by atoms with E-state index in [9.17, 15) is 13.2 Å². The molecule has 0 saturated heterocycles.